The van der Waals surface area contributed by atoms with Crippen molar-refractivity contribution in [3.05, 3.63) is 83.9 Å². The molecule has 4 aromatic carbocycles. The van der Waals surface area contributed by atoms with Crippen molar-refractivity contribution in [3.63, 3.8) is 0 Å². The quantitative estimate of drug-likeness (QED) is 0.523. The Morgan fingerprint density at radius 3 is 1.39 bits per heavy atom. The number of carboxylic acids is 2. The van der Waals surface area contributed by atoms with Gasteiger partial charge in [0.15, 0.2) is 0 Å². The van der Waals surface area contributed by atoms with Crippen LogP contribution in [0.2, 0.25) is 0 Å². The van der Waals surface area contributed by atoms with Crippen LogP contribution >= 0.6 is 0 Å². The highest BCUT2D eigenvalue weighted by Gasteiger charge is 2.13. The van der Waals surface area contributed by atoms with Crippen LogP contribution in [-0.2, 0) is 22.4 Å². The molecule has 0 aromatic heterocycles. The molecule has 0 bridgehead atoms. The van der Waals surface area contributed by atoms with E-state index < -0.39 is 11.9 Å². The van der Waals surface area contributed by atoms with Crippen molar-refractivity contribution >= 4 is 33.5 Å². The predicted octanol–water partition coefficient (Wildman–Crippen LogP) is 4.91. The molecule has 0 heterocycles. The predicted molar refractivity (Wildman–Crippen MR) is 110 cm³/mol. The van der Waals surface area contributed by atoms with Crippen LogP contribution in [0.15, 0.2) is 72.8 Å². The molecule has 0 aliphatic rings. The van der Waals surface area contributed by atoms with Crippen LogP contribution in [0.4, 0.5) is 0 Å². The van der Waals surface area contributed by atoms with E-state index in [0.717, 1.165) is 32.7 Å². The summed E-state index contributed by atoms with van der Waals surface area (Å²) in [5.41, 5.74) is 3.26. The van der Waals surface area contributed by atoms with Gasteiger partial charge in [-0.3, -0.25) is 9.59 Å². The van der Waals surface area contributed by atoms with Gasteiger partial charge >= 0.3 is 11.9 Å². The van der Waals surface area contributed by atoms with E-state index in [1.165, 1.54) is 0 Å². The van der Waals surface area contributed by atoms with Crippen LogP contribution in [0.5, 0.6) is 0 Å². The highest BCUT2D eigenvalue weighted by Crippen LogP contribution is 2.36. The second-order valence-electron chi connectivity index (χ2n) is 6.87. The Morgan fingerprint density at radius 1 is 0.607 bits per heavy atom. The minimum atomic E-state index is -0.884. The second kappa shape index (κ2) is 7.16. The average molecular weight is 370 g/mol. The van der Waals surface area contributed by atoms with Gasteiger partial charge in [-0.15, -0.1) is 0 Å². The van der Waals surface area contributed by atoms with Gasteiger partial charge in [0.25, 0.3) is 0 Å². The van der Waals surface area contributed by atoms with Crippen molar-refractivity contribution in [2.24, 2.45) is 0 Å². The zero-order valence-electron chi connectivity index (χ0n) is 15.1. The molecule has 0 fully saturated rings. The molecule has 28 heavy (non-hydrogen) atoms. The maximum atomic E-state index is 11.3. The van der Waals surface area contributed by atoms with Crippen LogP contribution in [0.1, 0.15) is 11.1 Å². The molecular formula is C24H18O4. The number of aliphatic carboxylic acids is 2. The molecule has 0 saturated carbocycles. The minimum absolute atomic E-state index is 0.0649. The third kappa shape index (κ3) is 3.45. The summed E-state index contributed by atoms with van der Waals surface area (Å²) in [7, 11) is 0. The summed E-state index contributed by atoms with van der Waals surface area (Å²) in [5, 5.41) is 22.4. The lowest BCUT2D eigenvalue weighted by Gasteiger charge is -2.14. The first-order valence-corrected chi connectivity index (χ1v) is 8.98. The third-order valence-corrected chi connectivity index (χ3v) is 4.84. The first-order chi connectivity index (χ1) is 13.5. The van der Waals surface area contributed by atoms with Crippen molar-refractivity contribution in [3.8, 4) is 11.1 Å². The first kappa shape index (κ1) is 17.7. The minimum Gasteiger partial charge on any atom is -0.481 e. The summed E-state index contributed by atoms with van der Waals surface area (Å²) in [6.45, 7) is 0. The Kier molecular flexibility index (Phi) is 4.53. The number of hydrogen-bond acceptors (Lipinski definition) is 2. The molecule has 2 N–H and O–H groups in total. The maximum Gasteiger partial charge on any atom is 0.307 e. The Balaban J connectivity index is 2.05. The molecule has 4 heteroatoms. The zero-order valence-corrected chi connectivity index (χ0v) is 15.1. The van der Waals surface area contributed by atoms with Gasteiger partial charge in [-0.25, -0.2) is 0 Å². The summed E-state index contributed by atoms with van der Waals surface area (Å²) in [6.07, 6.45) is -0.130. The lowest BCUT2D eigenvalue weighted by molar-refractivity contribution is -0.137. The summed E-state index contributed by atoms with van der Waals surface area (Å²) in [4.78, 5) is 22.6. The SMILES string of the molecule is O=C(O)Cc1cc(-c2cc(CC(=O)O)cc3ccccc23)c2ccccc2c1. The van der Waals surface area contributed by atoms with E-state index in [1.807, 2.05) is 72.8 Å². The maximum absolute atomic E-state index is 11.3. The van der Waals surface area contributed by atoms with Crippen LogP contribution in [0.25, 0.3) is 32.7 Å². The van der Waals surface area contributed by atoms with Crippen molar-refractivity contribution in [1.29, 1.82) is 0 Å². The molecule has 4 nitrogen and oxygen atoms in total. The second-order valence-corrected chi connectivity index (χ2v) is 6.87. The topological polar surface area (TPSA) is 74.6 Å². The van der Waals surface area contributed by atoms with Gasteiger partial charge in [-0.1, -0.05) is 60.7 Å². The number of hydrogen-bond donors (Lipinski definition) is 2. The van der Waals surface area contributed by atoms with E-state index >= 15 is 0 Å². The standard InChI is InChI=1S/C24H18O4/c25-23(26)13-15-9-17-5-1-3-7-19(17)21(11-15)22-12-16(14-24(27)28)10-18-6-2-4-8-20(18)22/h1-12H,13-14H2,(H,25,26)(H,27,28). The summed E-state index contributed by atoms with van der Waals surface area (Å²) >= 11 is 0. The van der Waals surface area contributed by atoms with Crippen LogP contribution in [0, 0.1) is 0 Å². The van der Waals surface area contributed by atoms with Gasteiger partial charge < -0.3 is 10.2 Å². The molecule has 4 aromatic rings. The fourth-order valence-corrected chi connectivity index (χ4v) is 3.74. The number of rotatable bonds is 5. The van der Waals surface area contributed by atoms with Crippen molar-refractivity contribution < 1.29 is 19.8 Å². The molecule has 0 saturated heterocycles. The summed E-state index contributed by atoms with van der Waals surface area (Å²) in [6, 6.07) is 23.3. The Morgan fingerprint density at radius 2 is 1.00 bits per heavy atom. The fraction of sp³-hybridized carbons (Fsp3) is 0.0833. The highest BCUT2D eigenvalue weighted by molar-refractivity contribution is 6.06. The molecule has 4 rings (SSSR count). The largest absolute Gasteiger partial charge is 0.481 e. The highest BCUT2D eigenvalue weighted by atomic mass is 16.4. The molecule has 0 radical (unpaired) electrons. The number of benzene rings is 4. The number of fused-ring (bicyclic) bond motifs is 2. The van der Waals surface area contributed by atoms with Gasteiger partial charge in [0, 0.05) is 0 Å². The molecule has 0 aliphatic carbocycles. The molecule has 138 valence electrons. The smallest absolute Gasteiger partial charge is 0.307 e. The molecule has 0 atom stereocenters. The first-order valence-electron chi connectivity index (χ1n) is 8.98. The number of carboxylic acid groups (broad SMARTS) is 2. The summed E-state index contributed by atoms with van der Waals surface area (Å²) < 4.78 is 0. The average Bonchev–Trinajstić information content (AvgIpc) is 2.66. The van der Waals surface area contributed by atoms with Gasteiger partial charge in [0.2, 0.25) is 0 Å². The van der Waals surface area contributed by atoms with E-state index in [1.54, 1.807) is 0 Å². The van der Waals surface area contributed by atoms with Crippen LogP contribution in [0.3, 0.4) is 0 Å². The Labute approximate surface area is 161 Å². The lowest BCUT2D eigenvalue weighted by atomic mass is 9.90. The summed E-state index contributed by atoms with van der Waals surface area (Å²) in [5.74, 6) is -1.77. The lowest BCUT2D eigenvalue weighted by Crippen LogP contribution is -2.02. The molecule has 0 spiro atoms. The van der Waals surface area contributed by atoms with Crippen molar-refractivity contribution in [1.82, 2.24) is 0 Å². The Hall–Kier alpha value is -3.66. The third-order valence-electron chi connectivity index (χ3n) is 4.84. The monoisotopic (exact) mass is 370 g/mol. The molecule has 0 unspecified atom stereocenters. The van der Waals surface area contributed by atoms with Gasteiger partial charge in [0.1, 0.15) is 0 Å². The number of carbonyl (C=O) groups is 2. The Bertz CT molecular complexity index is 1130. The van der Waals surface area contributed by atoms with E-state index in [4.69, 9.17) is 0 Å². The van der Waals surface area contributed by atoms with E-state index in [9.17, 15) is 19.8 Å². The van der Waals surface area contributed by atoms with Crippen molar-refractivity contribution in [2.75, 3.05) is 0 Å². The van der Waals surface area contributed by atoms with Gasteiger partial charge in [-0.05, 0) is 55.9 Å². The van der Waals surface area contributed by atoms with Crippen LogP contribution < -0.4 is 0 Å². The van der Waals surface area contributed by atoms with Crippen LogP contribution in [-0.4, -0.2) is 22.2 Å². The van der Waals surface area contributed by atoms with Crippen molar-refractivity contribution in [2.45, 2.75) is 12.8 Å². The van der Waals surface area contributed by atoms with E-state index in [-0.39, 0.29) is 12.8 Å². The van der Waals surface area contributed by atoms with Gasteiger partial charge in [0.05, 0.1) is 12.8 Å². The molecule has 0 amide bonds. The van der Waals surface area contributed by atoms with E-state index in [0.29, 0.717) is 11.1 Å². The zero-order chi connectivity index (χ0) is 19.7. The normalized spacial score (nSPS) is 11.0. The molecular weight excluding hydrogens is 352 g/mol. The molecule has 0 aliphatic heterocycles. The van der Waals surface area contributed by atoms with Gasteiger partial charge in [-0.2, -0.15) is 0 Å². The fourth-order valence-electron chi connectivity index (χ4n) is 3.74. The van der Waals surface area contributed by atoms with E-state index in [2.05, 4.69) is 0 Å².